The summed E-state index contributed by atoms with van der Waals surface area (Å²) in [5, 5.41) is 19.7. The second kappa shape index (κ2) is 13.2. The maximum absolute atomic E-state index is 10.1. The number of unbranched alkanes of at least 4 members (excludes halogenated alkanes) is 2. The molecule has 3 aromatic carbocycles. The molecule has 4 aromatic rings. The van der Waals surface area contributed by atoms with Gasteiger partial charge in [-0.1, -0.05) is 93.4 Å². The van der Waals surface area contributed by atoms with E-state index in [0.29, 0.717) is 5.56 Å². The quantitative estimate of drug-likeness (QED) is 0.208. The second-order valence-corrected chi connectivity index (χ2v) is 9.65. The normalized spacial score (nSPS) is 11.4. The third-order valence-electron chi connectivity index (χ3n) is 6.81. The minimum Gasteiger partial charge on any atom is -0.508 e. The molecule has 37 heavy (non-hydrogen) atoms. The Bertz CT molecular complexity index is 1250. The van der Waals surface area contributed by atoms with Crippen LogP contribution in [0.4, 0.5) is 0 Å². The van der Waals surface area contributed by atoms with Crippen LogP contribution in [-0.2, 0) is 26.2 Å². The van der Waals surface area contributed by atoms with E-state index in [9.17, 15) is 10.2 Å². The van der Waals surface area contributed by atoms with E-state index < -0.39 is 0 Å². The highest BCUT2D eigenvalue weighted by atomic mass is 16.3. The topological polar surface area (TPSA) is 61.5 Å². The smallest absolute Gasteiger partial charge is 0.140 e. The summed E-state index contributed by atoms with van der Waals surface area (Å²) in [7, 11) is 0. The molecule has 2 N–H and O–H groups in total. The predicted molar refractivity (Wildman–Crippen MR) is 151 cm³/mol. The first-order valence-electron chi connectivity index (χ1n) is 13.5. The van der Waals surface area contributed by atoms with Crippen molar-refractivity contribution in [1.82, 2.24) is 14.5 Å². The van der Waals surface area contributed by atoms with Crippen LogP contribution in [0.2, 0.25) is 0 Å². The van der Waals surface area contributed by atoms with Crippen molar-refractivity contribution in [1.29, 1.82) is 0 Å². The van der Waals surface area contributed by atoms with Crippen molar-refractivity contribution >= 4 is 0 Å². The molecular weight excluding hydrogens is 458 g/mol. The van der Waals surface area contributed by atoms with Crippen molar-refractivity contribution in [3.8, 4) is 28.4 Å². The van der Waals surface area contributed by atoms with Crippen LogP contribution < -0.4 is 0 Å². The predicted octanol–water partition coefficient (Wildman–Crippen LogP) is 7.02. The molecule has 0 unspecified atom stereocenters. The van der Waals surface area contributed by atoms with E-state index in [-0.39, 0.29) is 12.4 Å². The Balaban J connectivity index is 1.78. The highest BCUT2D eigenvalue weighted by Gasteiger charge is 2.22. The lowest BCUT2D eigenvalue weighted by molar-refractivity contribution is 0.245. The van der Waals surface area contributed by atoms with Gasteiger partial charge in [0.05, 0.1) is 18.0 Å². The Kier molecular flexibility index (Phi) is 9.52. The highest BCUT2D eigenvalue weighted by molar-refractivity contribution is 5.68. The van der Waals surface area contributed by atoms with Crippen LogP contribution in [0, 0.1) is 0 Å². The van der Waals surface area contributed by atoms with Gasteiger partial charge in [0, 0.05) is 36.3 Å². The Morgan fingerprint density at radius 1 is 0.811 bits per heavy atom. The van der Waals surface area contributed by atoms with Crippen molar-refractivity contribution in [2.75, 3.05) is 6.54 Å². The van der Waals surface area contributed by atoms with Crippen molar-refractivity contribution in [2.24, 2.45) is 0 Å². The van der Waals surface area contributed by atoms with Crippen molar-refractivity contribution in [3.05, 3.63) is 95.7 Å². The van der Waals surface area contributed by atoms with E-state index in [1.807, 2.05) is 24.3 Å². The summed E-state index contributed by atoms with van der Waals surface area (Å²) in [6.07, 6.45) is 4.41. The molecule has 5 heteroatoms. The molecule has 0 atom stereocenters. The zero-order valence-corrected chi connectivity index (χ0v) is 22.1. The van der Waals surface area contributed by atoms with Gasteiger partial charge in [0.15, 0.2) is 0 Å². The minimum absolute atomic E-state index is 0.142. The number of aliphatic hydroxyl groups is 1. The summed E-state index contributed by atoms with van der Waals surface area (Å²) in [5.41, 5.74) is 6.19. The van der Waals surface area contributed by atoms with E-state index in [0.717, 1.165) is 80.1 Å². The molecule has 0 bridgehead atoms. The second-order valence-electron chi connectivity index (χ2n) is 9.65. The lowest BCUT2D eigenvalue weighted by Gasteiger charge is -2.24. The standard InChI is InChI=1S/C32H39N3O2/c1-3-5-19-34(22-25-17-18-30(37)28(21-25)24-36)23-29-31(26-13-9-7-10-14-26)33-32(35(29)20-6-4-2)27-15-11-8-12-16-27/h7-18,21,36-37H,3-6,19-20,22-24H2,1-2H3. The monoisotopic (exact) mass is 497 g/mol. The van der Waals surface area contributed by atoms with Gasteiger partial charge in [-0.3, -0.25) is 4.90 Å². The fraction of sp³-hybridized carbons (Fsp3) is 0.344. The minimum atomic E-state index is -0.170. The number of hydrogen-bond donors (Lipinski definition) is 2. The van der Waals surface area contributed by atoms with Crippen LogP contribution in [0.5, 0.6) is 5.75 Å². The third kappa shape index (κ3) is 6.68. The average Bonchev–Trinajstić information content (AvgIpc) is 3.30. The number of benzene rings is 3. The Hall–Kier alpha value is -3.41. The highest BCUT2D eigenvalue weighted by Crippen LogP contribution is 2.31. The molecule has 0 fully saturated rings. The van der Waals surface area contributed by atoms with Gasteiger partial charge >= 0.3 is 0 Å². The van der Waals surface area contributed by atoms with Crippen LogP contribution in [-0.4, -0.2) is 31.2 Å². The number of nitrogens with zero attached hydrogens (tertiary/aromatic N) is 3. The number of aromatic hydroxyl groups is 1. The summed E-state index contributed by atoms with van der Waals surface area (Å²) in [6, 6.07) is 26.5. The summed E-state index contributed by atoms with van der Waals surface area (Å²) in [5.74, 6) is 1.16. The number of aliphatic hydroxyl groups excluding tert-OH is 1. The molecule has 0 radical (unpaired) electrons. The van der Waals surface area contributed by atoms with Crippen LogP contribution in [0.25, 0.3) is 22.6 Å². The van der Waals surface area contributed by atoms with Gasteiger partial charge in [-0.05, 0) is 37.1 Å². The molecule has 0 saturated heterocycles. The first kappa shape index (κ1) is 26.6. The Labute approximate surface area is 221 Å². The van der Waals surface area contributed by atoms with Gasteiger partial charge in [-0.15, -0.1) is 0 Å². The SMILES string of the molecule is CCCCN(Cc1ccc(O)c(CO)c1)Cc1c(-c2ccccc2)nc(-c2ccccc2)n1CCCC. The van der Waals surface area contributed by atoms with Crippen LogP contribution in [0.15, 0.2) is 78.9 Å². The van der Waals surface area contributed by atoms with Gasteiger partial charge in [0.25, 0.3) is 0 Å². The van der Waals surface area contributed by atoms with E-state index in [4.69, 9.17) is 4.98 Å². The fourth-order valence-corrected chi connectivity index (χ4v) is 4.77. The Morgan fingerprint density at radius 2 is 1.49 bits per heavy atom. The molecule has 1 heterocycles. The average molecular weight is 498 g/mol. The zero-order valence-electron chi connectivity index (χ0n) is 22.1. The molecule has 0 aliphatic heterocycles. The zero-order chi connectivity index (χ0) is 26.0. The van der Waals surface area contributed by atoms with Gasteiger partial charge in [-0.25, -0.2) is 4.98 Å². The first-order valence-corrected chi connectivity index (χ1v) is 13.5. The van der Waals surface area contributed by atoms with Gasteiger partial charge < -0.3 is 14.8 Å². The van der Waals surface area contributed by atoms with E-state index in [2.05, 4.69) is 71.8 Å². The number of phenols is 1. The molecule has 0 aliphatic rings. The number of rotatable bonds is 13. The Morgan fingerprint density at radius 3 is 2.14 bits per heavy atom. The summed E-state index contributed by atoms with van der Waals surface area (Å²) in [4.78, 5) is 7.72. The van der Waals surface area contributed by atoms with E-state index in [1.54, 1.807) is 6.07 Å². The third-order valence-corrected chi connectivity index (χ3v) is 6.81. The molecule has 0 spiro atoms. The van der Waals surface area contributed by atoms with E-state index in [1.165, 1.54) is 5.69 Å². The van der Waals surface area contributed by atoms with Crippen molar-refractivity contribution in [3.63, 3.8) is 0 Å². The molecule has 0 aliphatic carbocycles. The van der Waals surface area contributed by atoms with Crippen LogP contribution >= 0.6 is 0 Å². The van der Waals surface area contributed by atoms with Crippen LogP contribution in [0.3, 0.4) is 0 Å². The van der Waals surface area contributed by atoms with E-state index >= 15 is 0 Å². The molecule has 5 nitrogen and oxygen atoms in total. The van der Waals surface area contributed by atoms with Crippen molar-refractivity contribution in [2.45, 2.75) is 65.8 Å². The molecule has 194 valence electrons. The molecule has 1 aromatic heterocycles. The summed E-state index contributed by atoms with van der Waals surface area (Å²) < 4.78 is 2.43. The fourth-order valence-electron chi connectivity index (χ4n) is 4.77. The molecule has 0 amide bonds. The lowest BCUT2D eigenvalue weighted by atomic mass is 10.1. The number of imidazole rings is 1. The van der Waals surface area contributed by atoms with Crippen LogP contribution in [0.1, 0.15) is 56.4 Å². The summed E-state index contributed by atoms with van der Waals surface area (Å²) in [6.45, 7) is 7.66. The maximum atomic E-state index is 10.1. The van der Waals surface area contributed by atoms with Gasteiger partial charge in [0.1, 0.15) is 11.6 Å². The first-order chi connectivity index (χ1) is 18.1. The largest absolute Gasteiger partial charge is 0.508 e. The molecule has 0 saturated carbocycles. The maximum Gasteiger partial charge on any atom is 0.140 e. The molecular formula is C32H39N3O2. The number of hydrogen-bond acceptors (Lipinski definition) is 4. The molecule has 4 rings (SSSR count). The van der Waals surface area contributed by atoms with Gasteiger partial charge in [-0.2, -0.15) is 0 Å². The summed E-state index contributed by atoms with van der Waals surface area (Å²) >= 11 is 0. The number of aromatic nitrogens is 2. The van der Waals surface area contributed by atoms with Gasteiger partial charge in [0.2, 0.25) is 0 Å². The van der Waals surface area contributed by atoms with Crippen molar-refractivity contribution < 1.29 is 10.2 Å². The lowest BCUT2D eigenvalue weighted by Crippen LogP contribution is -2.26.